The molecule has 232 valence electrons. The largest absolute Gasteiger partial charge is 0.471 e. The minimum Gasteiger partial charge on any atom is -0.394 e. The van der Waals surface area contributed by atoms with Gasteiger partial charge in [-0.05, 0) is 19.4 Å². The number of aliphatic imine (C=N–C) groups is 1. The number of carbonyl (C=O) groups excluding carboxylic acids is 1. The molecule has 1 saturated heterocycles. The molecule has 14 nitrogen and oxygen atoms in total. The van der Waals surface area contributed by atoms with Crippen molar-refractivity contribution in [1.82, 2.24) is 19.8 Å². The molecule has 1 fully saturated rings. The standard InChI is InChI=1S/C23H31F3N8O6S2/c1-22(2,11-28-20(36)23(24,25)26)42-41-14-38-7-5-6-15-9-34(21(37)31-19(15)29-12-33(3)4)18-8-16(17(10-35)40-18)39-13-30-32-27/h9,12,16-18,35H,7-8,10-11,13-14H2,1-4H3,(H,28,36)/t16?,17-,18-/m1/s1. The van der Waals surface area contributed by atoms with Crippen LogP contribution < -0.4 is 11.0 Å². The zero-order valence-corrected chi connectivity index (χ0v) is 24.8. The number of hydrogen-bond acceptors (Lipinski definition) is 11. The number of aliphatic hydroxyl groups is 1. The Morgan fingerprint density at radius 2 is 2.19 bits per heavy atom. The molecular weight excluding hydrogens is 605 g/mol. The minimum atomic E-state index is -4.94. The van der Waals surface area contributed by atoms with Crippen LogP contribution >= 0.6 is 21.6 Å². The molecule has 0 saturated carbocycles. The van der Waals surface area contributed by atoms with E-state index < -0.39 is 41.0 Å². The Bertz CT molecular complexity index is 1260. The summed E-state index contributed by atoms with van der Waals surface area (Å²) in [6.45, 7) is 2.51. The van der Waals surface area contributed by atoms with E-state index in [4.69, 9.17) is 19.7 Å². The fraction of sp³-hybridized carbons (Fsp3) is 0.652. The molecule has 2 heterocycles. The number of aliphatic hydroxyl groups excluding tert-OH is 1. The summed E-state index contributed by atoms with van der Waals surface area (Å²) in [6, 6.07) is 0. The second-order valence-electron chi connectivity index (χ2n) is 9.40. The second kappa shape index (κ2) is 16.6. The monoisotopic (exact) mass is 636 g/mol. The van der Waals surface area contributed by atoms with Crippen LogP contribution in [-0.4, -0.2) is 101 Å². The van der Waals surface area contributed by atoms with E-state index in [2.05, 4.69) is 31.8 Å². The maximum absolute atomic E-state index is 12.8. The zero-order valence-electron chi connectivity index (χ0n) is 23.2. The predicted octanol–water partition coefficient (Wildman–Crippen LogP) is 2.56. The molecule has 2 rings (SSSR count). The van der Waals surface area contributed by atoms with Gasteiger partial charge in [0.05, 0.1) is 24.6 Å². The molecule has 1 aliphatic heterocycles. The number of azide groups is 1. The van der Waals surface area contributed by atoms with Crippen molar-refractivity contribution in [2.45, 2.75) is 49.6 Å². The van der Waals surface area contributed by atoms with E-state index in [1.54, 1.807) is 32.8 Å². The smallest absolute Gasteiger partial charge is 0.394 e. The highest BCUT2D eigenvalue weighted by molar-refractivity contribution is 8.77. The molecule has 3 atom stereocenters. The van der Waals surface area contributed by atoms with Crippen molar-refractivity contribution in [1.29, 1.82) is 0 Å². The zero-order chi connectivity index (χ0) is 31.3. The van der Waals surface area contributed by atoms with Crippen molar-refractivity contribution in [3.63, 3.8) is 0 Å². The third kappa shape index (κ3) is 11.7. The Morgan fingerprint density at radius 1 is 1.45 bits per heavy atom. The van der Waals surface area contributed by atoms with E-state index in [0.29, 0.717) is 5.56 Å². The number of alkyl halides is 3. The summed E-state index contributed by atoms with van der Waals surface area (Å²) >= 11 is 0. The van der Waals surface area contributed by atoms with Gasteiger partial charge in [-0.25, -0.2) is 9.79 Å². The number of nitrogens with one attached hydrogen (secondary N) is 1. The van der Waals surface area contributed by atoms with Crippen LogP contribution in [0.3, 0.4) is 0 Å². The van der Waals surface area contributed by atoms with Crippen molar-refractivity contribution in [3.8, 4) is 11.8 Å². The lowest BCUT2D eigenvalue weighted by molar-refractivity contribution is -0.173. The molecule has 0 spiro atoms. The van der Waals surface area contributed by atoms with Crippen molar-refractivity contribution in [3.05, 3.63) is 32.7 Å². The van der Waals surface area contributed by atoms with Gasteiger partial charge in [0.2, 0.25) is 0 Å². The van der Waals surface area contributed by atoms with E-state index >= 15 is 0 Å². The second-order valence-corrected chi connectivity index (χ2v) is 12.3. The number of aromatic nitrogens is 2. The molecule has 1 aromatic heterocycles. The molecule has 1 amide bonds. The summed E-state index contributed by atoms with van der Waals surface area (Å²) in [6.07, 6.45) is -4.10. The van der Waals surface area contributed by atoms with Crippen molar-refractivity contribution in [2.24, 2.45) is 10.1 Å². The summed E-state index contributed by atoms with van der Waals surface area (Å²) < 4.78 is 54.3. The van der Waals surface area contributed by atoms with E-state index in [-0.39, 0.29) is 44.7 Å². The summed E-state index contributed by atoms with van der Waals surface area (Å²) in [5.41, 5.74) is 8.08. The quantitative estimate of drug-likeness (QED) is 0.0355. The van der Waals surface area contributed by atoms with Crippen LogP contribution in [0.1, 0.15) is 32.1 Å². The molecule has 0 aliphatic carbocycles. The Hall–Kier alpha value is -2.98. The number of halogens is 3. The Kier molecular flexibility index (Phi) is 13.9. The van der Waals surface area contributed by atoms with Crippen LogP contribution in [0, 0.1) is 11.8 Å². The number of carbonyl (C=O) groups is 1. The highest BCUT2D eigenvalue weighted by atomic mass is 33.1. The molecule has 2 N–H and O–H groups in total. The Labute approximate surface area is 247 Å². The van der Waals surface area contributed by atoms with Crippen molar-refractivity contribution in [2.75, 3.05) is 46.5 Å². The topological polar surface area (TPSA) is 176 Å². The van der Waals surface area contributed by atoms with Crippen molar-refractivity contribution < 1.29 is 37.3 Å². The van der Waals surface area contributed by atoms with Crippen LogP contribution in [0.5, 0.6) is 0 Å². The lowest BCUT2D eigenvalue weighted by atomic mass is 10.2. The van der Waals surface area contributed by atoms with Crippen molar-refractivity contribution >= 4 is 39.7 Å². The SMILES string of the molecule is CN(C)C=Nc1nc(=O)n([C@H]2CC(OCN=[N+]=[N-])[C@@H](CO)O2)cc1C#CCOCSSC(C)(C)CNC(=O)C(F)(F)F. The van der Waals surface area contributed by atoms with Gasteiger partial charge in [-0.2, -0.15) is 18.2 Å². The average molecular weight is 637 g/mol. The summed E-state index contributed by atoms with van der Waals surface area (Å²) in [5.74, 6) is 3.92. The molecule has 42 heavy (non-hydrogen) atoms. The first-order valence-corrected chi connectivity index (χ1v) is 14.5. The van der Waals surface area contributed by atoms with E-state index in [1.165, 1.54) is 38.7 Å². The van der Waals surface area contributed by atoms with E-state index in [1.807, 2.05) is 5.32 Å². The molecule has 0 radical (unpaired) electrons. The van der Waals surface area contributed by atoms with Gasteiger partial charge >= 0.3 is 17.8 Å². The van der Waals surface area contributed by atoms with Crippen LogP contribution in [0.25, 0.3) is 10.4 Å². The lowest BCUT2D eigenvalue weighted by Crippen LogP contribution is -2.42. The third-order valence-corrected chi connectivity index (χ3v) is 8.14. The van der Waals surface area contributed by atoms with Gasteiger partial charge in [-0.3, -0.25) is 9.36 Å². The fourth-order valence-corrected chi connectivity index (χ4v) is 5.39. The van der Waals surface area contributed by atoms with Crippen LogP contribution in [-0.2, 0) is 19.0 Å². The van der Waals surface area contributed by atoms with Gasteiger partial charge in [0.25, 0.3) is 0 Å². The fourth-order valence-electron chi connectivity index (χ4n) is 3.25. The van der Waals surface area contributed by atoms with Gasteiger partial charge in [-0.15, -0.1) is 0 Å². The predicted molar refractivity (Wildman–Crippen MR) is 151 cm³/mol. The maximum atomic E-state index is 12.8. The lowest BCUT2D eigenvalue weighted by Gasteiger charge is -2.23. The van der Waals surface area contributed by atoms with E-state index in [0.717, 1.165) is 0 Å². The normalized spacial score (nSPS) is 18.8. The highest BCUT2D eigenvalue weighted by Crippen LogP contribution is 2.35. The first-order chi connectivity index (χ1) is 19.8. The van der Waals surface area contributed by atoms with Gasteiger partial charge in [0, 0.05) is 42.9 Å². The Morgan fingerprint density at radius 3 is 2.83 bits per heavy atom. The molecule has 1 aliphatic rings. The van der Waals surface area contributed by atoms with E-state index in [9.17, 15) is 27.9 Å². The molecular formula is C23H31F3N8O6S2. The average Bonchev–Trinajstić information content (AvgIpc) is 3.33. The third-order valence-electron chi connectivity index (χ3n) is 5.17. The van der Waals surface area contributed by atoms with Gasteiger partial charge in [0.15, 0.2) is 5.82 Å². The van der Waals surface area contributed by atoms with Gasteiger partial charge in [0.1, 0.15) is 31.6 Å². The van der Waals surface area contributed by atoms with Crippen LogP contribution in [0.15, 0.2) is 21.1 Å². The molecule has 0 bridgehead atoms. The van der Waals surface area contributed by atoms with Gasteiger partial charge < -0.3 is 29.5 Å². The minimum absolute atomic E-state index is 0.0173. The number of nitrogens with zero attached hydrogens (tertiary/aromatic N) is 7. The maximum Gasteiger partial charge on any atom is 0.471 e. The highest BCUT2D eigenvalue weighted by Gasteiger charge is 2.39. The summed E-state index contributed by atoms with van der Waals surface area (Å²) in [7, 11) is 5.97. The summed E-state index contributed by atoms with van der Waals surface area (Å²) in [5, 5.41) is 14.8. The van der Waals surface area contributed by atoms with Crippen LogP contribution in [0.4, 0.5) is 19.0 Å². The number of hydrogen-bond donors (Lipinski definition) is 2. The summed E-state index contributed by atoms with van der Waals surface area (Å²) in [4.78, 5) is 36.3. The van der Waals surface area contributed by atoms with Gasteiger partial charge in [-0.1, -0.05) is 38.5 Å². The molecule has 0 aromatic carbocycles. The first kappa shape index (κ1) is 35.2. The Balaban J connectivity index is 2.05. The van der Waals surface area contributed by atoms with Crippen LogP contribution in [0.2, 0.25) is 0 Å². The molecule has 1 unspecified atom stereocenters. The molecule has 1 aromatic rings. The number of ether oxygens (including phenoxy) is 3. The first-order valence-electron chi connectivity index (χ1n) is 12.2. The molecule has 19 heteroatoms. The number of amides is 1. The number of rotatable bonds is 14.